The molecule has 2 aromatic rings. The molecule has 7 heteroatoms. The molecule has 0 aliphatic rings. The van der Waals surface area contributed by atoms with E-state index in [0.29, 0.717) is 6.42 Å². The van der Waals surface area contributed by atoms with E-state index in [2.05, 4.69) is 10.3 Å². The number of carboxylic acids is 1. The number of hydrogen-bond acceptors (Lipinski definition) is 5. The Labute approximate surface area is 130 Å². The molecule has 2 atom stereocenters. The third kappa shape index (κ3) is 3.68. The largest absolute Gasteiger partial charge is 0.480 e. The fraction of sp³-hybridized carbons (Fsp3) is 0.357. The molecule has 0 radical (unpaired) electrons. The zero-order valence-corrected chi connectivity index (χ0v) is 13.3. The number of carboxylic acid groups (broad SMARTS) is 1. The van der Waals surface area contributed by atoms with E-state index in [4.69, 9.17) is 0 Å². The highest BCUT2D eigenvalue weighted by atomic mass is 32.1. The van der Waals surface area contributed by atoms with E-state index in [1.807, 2.05) is 23.8 Å². The first-order chi connectivity index (χ1) is 10.0. The summed E-state index contributed by atoms with van der Waals surface area (Å²) < 4.78 is 0. The van der Waals surface area contributed by atoms with E-state index in [9.17, 15) is 14.7 Å². The zero-order valence-electron chi connectivity index (χ0n) is 11.7. The first-order valence-electron chi connectivity index (χ1n) is 6.54. The Morgan fingerprint density at radius 1 is 1.43 bits per heavy atom. The van der Waals surface area contributed by atoms with Gasteiger partial charge in [-0.25, -0.2) is 9.78 Å². The second kappa shape index (κ2) is 6.82. The summed E-state index contributed by atoms with van der Waals surface area (Å²) in [5, 5.41) is 18.1. The first-order valence-corrected chi connectivity index (χ1v) is 8.37. The van der Waals surface area contributed by atoms with E-state index in [0.717, 1.165) is 10.6 Å². The molecule has 2 aromatic heterocycles. The lowest BCUT2D eigenvalue weighted by Gasteiger charge is -2.19. The minimum atomic E-state index is -1.02. The maximum Gasteiger partial charge on any atom is 0.326 e. The second-order valence-corrected chi connectivity index (χ2v) is 6.36. The lowest BCUT2D eigenvalue weighted by atomic mass is 9.99. The van der Waals surface area contributed by atoms with Crippen LogP contribution in [0.5, 0.6) is 0 Å². The van der Waals surface area contributed by atoms with Gasteiger partial charge in [0.25, 0.3) is 5.91 Å². The van der Waals surface area contributed by atoms with Crippen molar-refractivity contribution in [3.8, 4) is 10.6 Å². The second-order valence-electron chi connectivity index (χ2n) is 4.72. The Balaban J connectivity index is 2.11. The van der Waals surface area contributed by atoms with Crippen molar-refractivity contribution in [3.05, 3.63) is 27.9 Å². The summed E-state index contributed by atoms with van der Waals surface area (Å²) in [6, 6.07) is 1.04. The Kier molecular flexibility index (Phi) is 5.08. The number of nitrogens with zero attached hydrogens (tertiary/aromatic N) is 1. The maximum absolute atomic E-state index is 12.1. The number of aromatic nitrogens is 1. The molecule has 1 amide bonds. The monoisotopic (exact) mass is 324 g/mol. The third-order valence-electron chi connectivity index (χ3n) is 3.27. The summed E-state index contributed by atoms with van der Waals surface area (Å²) in [4.78, 5) is 27.6. The molecule has 2 heterocycles. The number of carbonyl (C=O) groups is 2. The summed E-state index contributed by atoms with van der Waals surface area (Å²) in [5.41, 5.74) is 1.23. The quantitative estimate of drug-likeness (QED) is 0.856. The predicted molar refractivity (Wildman–Crippen MR) is 83.8 cm³/mol. The number of hydrogen-bond donors (Lipinski definition) is 2. The molecule has 21 heavy (non-hydrogen) atoms. The Morgan fingerprint density at radius 2 is 2.19 bits per heavy atom. The van der Waals surface area contributed by atoms with Crippen LogP contribution < -0.4 is 5.32 Å². The molecule has 2 N–H and O–H groups in total. The van der Waals surface area contributed by atoms with Gasteiger partial charge in [-0.15, -0.1) is 11.3 Å². The van der Waals surface area contributed by atoms with Gasteiger partial charge in [-0.2, -0.15) is 11.3 Å². The van der Waals surface area contributed by atoms with Crippen molar-refractivity contribution in [3.63, 3.8) is 0 Å². The molecule has 0 saturated carbocycles. The molecule has 0 fully saturated rings. The third-order valence-corrected chi connectivity index (χ3v) is 4.85. The number of aliphatic carboxylic acids is 1. The summed E-state index contributed by atoms with van der Waals surface area (Å²) in [6.07, 6.45) is 0.675. The standard InChI is InChI=1S/C14H16N2O3S2/c1-3-8(2)11(14(18)19)16-12(17)10-7-21-13(15-10)9-4-5-20-6-9/h4-8,11H,3H2,1-2H3,(H,16,17)(H,18,19). The molecule has 112 valence electrons. The van der Waals surface area contributed by atoms with Crippen LogP contribution in [0, 0.1) is 5.92 Å². The number of nitrogens with one attached hydrogen (secondary N) is 1. The zero-order chi connectivity index (χ0) is 15.4. The van der Waals surface area contributed by atoms with Gasteiger partial charge in [0.2, 0.25) is 0 Å². The number of thiazole rings is 1. The van der Waals surface area contributed by atoms with Crippen molar-refractivity contribution >= 4 is 34.6 Å². The minimum absolute atomic E-state index is 0.138. The lowest BCUT2D eigenvalue weighted by Crippen LogP contribution is -2.45. The molecule has 5 nitrogen and oxygen atoms in total. The molecular formula is C14H16N2O3S2. The fourth-order valence-corrected chi connectivity index (χ4v) is 3.31. The Morgan fingerprint density at radius 3 is 2.76 bits per heavy atom. The van der Waals surface area contributed by atoms with E-state index in [1.165, 1.54) is 11.3 Å². The molecule has 0 spiro atoms. The van der Waals surface area contributed by atoms with Crippen molar-refractivity contribution in [2.45, 2.75) is 26.3 Å². The highest BCUT2D eigenvalue weighted by molar-refractivity contribution is 7.14. The van der Waals surface area contributed by atoms with Crippen LogP contribution >= 0.6 is 22.7 Å². The van der Waals surface area contributed by atoms with Gasteiger partial charge in [-0.1, -0.05) is 20.3 Å². The van der Waals surface area contributed by atoms with Crippen LogP contribution in [0.3, 0.4) is 0 Å². The molecule has 0 aliphatic heterocycles. The van der Waals surface area contributed by atoms with Gasteiger partial charge < -0.3 is 10.4 Å². The number of amides is 1. The van der Waals surface area contributed by atoms with E-state index in [1.54, 1.807) is 23.6 Å². The fourth-order valence-electron chi connectivity index (χ4n) is 1.80. The van der Waals surface area contributed by atoms with Gasteiger partial charge in [0.05, 0.1) is 0 Å². The van der Waals surface area contributed by atoms with Crippen molar-refractivity contribution in [1.82, 2.24) is 10.3 Å². The van der Waals surface area contributed by atoms with Crippen LogP contribution in [0.4, 0.5) is 0 Å². The topological polar surface area (TPSA) is 79.3 Å². The smallest absolute Gasteiger partial charge is 0.326 e. The van der Waals surface area contributed by atoms with Crippen LogP contribution in [0.2, 0.25) is 0 Å². The highest BCUT2D eigenvalue weighted by Gasteiger charge is 2.26. The summed E-state index contributed by atoms with van der Waals surface area (Å²) in [5.74, 6) is -1.60. The summed E-state index contributed by atoms with van der Waals surface area (Å²) in [7, 11) is 0. The molecule has 2 rings (SSSR count). The molecule has 0 aromatic carbocycles. The maximum atomic E-state index is 12.1. The van der Waals surface area contributed by atoms with Crippen molar-refractivity contribution in [2.75, 3.05) is 0 Å². The Bertz CT molecular complexity index is 622. The van der Waals surface area contributed by atoms with Crippen LogP contribution in [0.15, 0.2) is 22.2 Å². The van der Waals surface area contributed by atoms with Gasteiger partial charge in [0, 0.05) is 16.3 Å². The minimum Gasteiger partial charge on any atom is -0.480 e. The summed E-state index contributed by atoms with van der Waals surface area (Å²) in [6.45, 7) is 3.70. The van der Waals surface area contributed by atoms with Crippen molar-refractivity contribution in [2.24, 2.45) is 5.92 Å². The van der Waals surface area contributed by atoms with E-state index in [-0.39, 0.29) is 11.6 Å². The number of carbonyl (C=O) groups excluding carboxylic acids is 1. The van der Waals surface area contributed by atoms with Gasteiger partial charge >= 0.3 is 5.97 Å². The van der Waals surface area contributed by atoms with Crippen molar-refractivity contribution < 1.29 is 14.7 Å². The molecular weight excluding hydrogens is 308 g/mol. The normalized spacial score (nSPS) is 13.6. The summed E-state index contributed by atoms with van der Waals surface area (Å²) >= 11 is 2.93. The molecule has 0 bridgehead atoms. The van der Waals surface area contributed by atoms with Crippen LogP contribution in [-0.2, 0) is 4.79 Å². The van der Waals surface area contributed by atoms with Gasteiger partial charge in [-0.05, 0) is 17.4 Å². The van der Waals surface area contributed by atoms with Gasteiger partial charge in [0.1, 0.15) is 16.7 Å². The average Bonchev–Trinajstić information content (AvgIpc) is 3.12. The van der Waals surface area contributed by atoms with Crippen molar-refractivity contribution in [1.29, 1.82) is 0 Å². The highest BCUT2D eigenvalue weighted by Crippen LogP contribution is 2.25. The first kappa shape index (κ1) is 15.7. The lowest BCUT2D eigenvalue weighted by molar-refractivity contribution is -0.140. The predicted octanol–water partition coefficient (Wildman–Crippen LogP) is 3.10. The molecule has 2 unspecified atom stereocenters. The Hall–Kier alpha value is -1.73. The molecule has 0 aliphatic carbocycles. The number of rotatable bonds is 6. The van der Waals surface area contributed by atoms with Crippen LogP contribution in [0.1, 0.15) is 30.8 Å². The van der Waals surface area contributed by atoms with Crippen LogP contribution in [-0.4, -0.2) is 28.0 Å². The van der Waals surface area contributed by atoms with Gasteiger partial charge in [-0.3, -0.25) is 4.79 Å². The number of thiophene rings is 1. The molecule has 0 saturated heterocycles. The van der Waals surface area contributed by atoms with E-state index < -0.39 is 17.9 Å². The SMILES string of the molecule is CCC(C)C(NC(=O)c1csc(-c2ccsc2)n1)C(=O)O. The van der Waals surface area contributed by atoms with Gasteiger partial charge in [0.15, 0.2) is 0 Å². The average molecular weight is 324 g/mol. The van der Waals surface area contributed by atoms with E-state index >= 15 is 0 Å². The van der Waals surface area contributed by atoms with Crippen LogP contribution in [0.25, 0.3) is 10.6 Å².